The molecule has 1 fully saturated rings. The predicted octanol–water partition coefficient (Wildman–Crippen LogP) is 1.71. The molecule has 94 valence electrons. The molecule has 4 nitrogen and oxygen atoms in total. The lowest BCUT2D eigenvalue weighted by Crippen LogP contribution is -2.34. The summed E-state index contributed by atoms with van der Waals surface area (Å²) in [6.45, 7) is 0. The summed E-state index contributed by atoms with van der Waals surface area (Å²) in [5.74, 6) is 1.80. The van der Waals surface area contributed by atoms with Crippen molar-refractivity contribution in [2.75, 3.05) is 17.2 Å². The Balaban J connectivity index is 2.24. The average molecular weight is 293 g/mol. The Morgan fingerprint density at radius 3 is 2.82 bits per heavy atom. The van der Waals surface area contributed by atoms with Crippen LogP contribution in [0.5, 0.6) is 0 Å². The van der Waals surface area contributed by atoms with Crippen LogP contribution in [0.3, 0.4) is 0 Å². The van der Waals surface area contributed by atoms with Crippen molar-refractivity contribution in [3.05, 3.63) is 23.2 Å². The number of anilines is 1. The van der Waals surface area contributed by atoms with Crippen molar-refractivity contribution >= 4 is 39.1 Å². The number of halogens is 1. The summed E-state index contributed by atoms with van der Waals surface area (Å²) >= 11 is 7.48. The van der Waals surface area contributed by atoms with Crippen LogP contribution in [0.4, 0.5) is 5.69 Å². The molecule has 1 aromatic carbocycles. The number of hydrogen-bond acceptors (Lipinski definition) is 4. The van der Waals surface area contributed by atoms with E-state index in [-0.39, 0.29) is 16.6 Å². The Kier molecular flexibility index (Phi) is 3.87. The Hall–Kier alpha value is -0.430. The van der Waals surface area contributed by atoms with E-state index in [4.69, 9.17) is 17.3 Å². The minimum atomic E-state index is -3.54. The van der Waals surface area contributed by atoms with Crippen molar-refractivity contribution in [1.29, 1.82) is 0 Å². The molecule has 0 aliphatic carbocycles. The highest BCUT2D eigenvalue weighted by Gasteiger charge is 2.24. The monoisotopic (exact) mass is 292 g/mol. The first-order valence-electron chi connectivity index (χ1n) is 5.14. The molecule has 1 heterocycles. The van der Waals surface area contributed by atoms with E-state index in [0.717, 1.165) is 17.9 Å². The van der Waals surface area contributed by atoms with Gasteiger partial charge in [0.05, 0.1) is 5.69 Å². The van der Waals surface area contributed by atoms with Crippen molar-refractivity contribution in [1.82, 2.24) is 4.72 Å². The summed E-state index contributed by atoms with van der Waals surface area (Å²) in [7, 11) is -3.54. The predicted molar refractivity (Wildman–Crippen MR) is 71.9 cm³/mol. The number of nitrogens with two attached hydrogens (primary N) is 1. The van der Waals surface area contributed by atoms with Gasteiger partial charge in [-0.25, -0.2) is 13.1 Å². The summed E-state index contributed by atoms with van der Waals surface area (Å²) in [5.41, 5.74) is 5.85. The molecule has 7 heteroatoms. The molecule has 0 aromatic heterocycles. The zero-order chi connectivity index (χ0) is 12.5. The molecule has 1 unspecified atom stereocenters. The molecule has 0 radical (unpaired) electrons. The van der Waals surface area contributed by atoms with Crippen LogP contribution >= 0.6 is 23.4 Å². The summed E-state index contributed by atoms with van der Waals surface area (Å²) in [4.78, 5) is 0.0961. The van der Waals surface area contributed by atoms with Gasteiger partial charge < -0.3 is 5.73 Å². The number of nitrogens with one attached hydrogen (secondary N) is 1. The lowest BCUT2D eigenvalue weighted by molar-refractivity contribution is 0.563. The Morgan fingerprint density at radius 1 is 1.47 bits per heavy atom. The zero-order valence-corrected chi connectivity index (χ0v) is 11.4. The first kappa shape index (κ1) is 13.0. The third kappa shape index (κ3) is 3.07. The van der Waals surface area contributed by atoms with Gasteiger partial charge >= 0.3 is 0 Å². The second-order valence-electron chi connectivity index (χ2n) is 3.86. The summed E-state index contributed by atoms with van der Waals surface area (Å²) < 4.78 is 26.8. The molecular formula is C10H13ClN2O2S2. The van der Waals surface area contributed by atoms with Gasteiger partial charge in [-0.2, -0.15) is 11.8 Å². The van der Waals surface area contributed by atoms with Crippen molar-refractivity contribution in [3.63, 3.8) is 0 Å². The van der Waals surface area contributed by atoms with Gasteiger partial charge in [0.1, 0.15) is 4.90 Å². The van der Waals surface area contributed by atoms with E-state index in [2.05, 4.69) is 4.72 Å². The summed E-state index contributed by atoms with van der Waals surface area (Å²) in [5, 5.41) is 0.429. The van der Waals surface area contributed by atoms with E-state index >= 15 is 0 Å². The van der Waals surface area contributed by atoms with Crippen LogP contribution in [0, 0.1) is 0 Å². The molecule has 0 amide bonds. The number of sulfonamides is 1. The van der Waals surface area contributed by atoms with Crippen molar-refractivity contribution in [2.24, 2.45) is 0 Å². The third-order valence-corrected chi connectivity index (χ3v) is 5.50. The Labute approximate surface area is 110 Å². The van der Waals surface area contributed by atoms with Crippen molar-refractivity contribution in [2.45, 2.75) is 17.4 Å². The van der Waals surface area contributed by atoms with Gasteiger partial charge in [0, 0.05) is 16.8 Å². The largest absolute Gasteiger partial charge is 0.398 e. The van der Waals surface area contributed by atoms with Crippen LogP contribution in [0.15, 0.2) is 23.1 Å². The van der Waals surface area contributed by atoms with Gasteiger partial charge in [-0.1, -0.05) is 11.6 Å². The second-order valence-corrected chi connectivity index (χ2v) is 7.13. The lowest BCUT2D eigenvalue weighted by Gasteiger charge is -2.13. The molecule has 1 saturated heterocycles. The SMILES string of the molecule is Nc1cc(Cl)ccc1S(=O)(=O)NC1CCSC1. The molecule has 1 aliphatic heterocycles. The van der Waals surface area contributed by atoms with Gasteiger partial charge in [0.25, 0.3) is 0 Å². The molecule has 3 N–H and O–H groups in total. The van der Waals surface area contributed by atoms with Crippen molar-refractivity contribution in [3.8, 4) is 0 Å². The molecule has 1 aromatic rings. The summed E-state index contributed by atoms with van der Waals surface area (Å²) in [6.07, 6.45) is 0.859. The number of hydrogen-bond donors (Lipinski definition) is 2. The van der Waals surface area contributed by atoms with Gasteiger partial charge in [-0.05, 0) is 30.4 Å². The Morgan fingerprint density at radius 2 is 2.24 bits per heavy atom. The normalized spacial score (nSPS) is 20.6. The molecule has 2 rings (SSSR count). The van der Waals surface area contributed by atoms with Gasteiger partial charge in [-0.3, -0.25) is 0 Å². The average Bonchev–Trinajstić information content (AvgIpc) is 2.68. The van der Waals surface area contributed by atoms with Crippen LogP contribution in [0.1, 0.15) is 6.42 Å². The molecular weight excluding hydrogens is 280 g/mol. The zero-order valence-electron chi connectivity index (χ0n) is 9.02. The van der Waals surface area contributed by atoms with Gasteiger partial charge in [0.2, 0.25) is 10.0 Å². The van der Waals surface area contributed by atoms with Crippen LogP contribution in [-0.4, -0.2) is 26.0 Å². The van der Waals surface area contributed by atoms with Crippen LogP contribution in [0.2, 0.25) is 5.02 Å². The fraction of sp³-hybridized carbons (Fsp3) is 0.400. The summed E-state index contributed by atoms with van der Waals surface area (Å²) in [6, 6.07) is 4.40. The highest BCUT2D eigenvalue weighted by Crippen LogP contribution is 2.24. The van der Waals surface area contributed by atoms with Gasteiger partial charge in [-0.15, -0.1) is 0 Å². The van der Waals surface area contributed by atoms with Crippen LogP contribution < -0.4 is 10.5 Å². The fourth-order valence-corrected chi connectivity index (χ4v) is 4.50. The Bertz CT molecular complexity index is 513. The highest BCUT2D eigenvalue weighted by atomic mass is 35.5. The van der Waals surface area contributed by atoms with E-state index < -0.39 is 10.0 Å². The highest BCUT2D eigenvalue weighted by molar-refractivity contribution is 7.99. The first-order valence-corrected chi connectivity index (χ1v) is 8.16. The standard InChI is InChI=1S/C10H13ClN2O2S2/c11-7-1-2-10(9(12)5-7)17(14,15)13-8-3-4-16-6-8/h1-2,5,8,13H,3-4,6,12H2. The van der Waals surface area contributed by atoms with Gasteiger partial charge in [0.15, 0.2) is 0 Å². The minimum Gasteiger partial charge on any atom is -0.398 e. The second kappa shape index (κ2) is 5.06. The van der Waals surface area contributed by atoms with Crippen LogP contribution in [0.25, 0.3) is 0 Å². The number of thioether (sulfide) groups is 1. The lowest BCUT2D eigenvalue weighted by atomic mass is 10.3. The van der Waals surface area contributed by atoms with E-state index in [1.54, 1.807) is 11.8 Å². The van der Waals surface area contributed by atoms with Crippen molar-refractivity contribution < 1.29 is 8.42 Å². The molecule has 0 spiro atoms. The van der Waals surface area contributed by atoms with E-state index in [1.165, 1.54) is 18.2 Å². The van der Waals surface area contributed by atoms with Crippen LogP contribution in [-0.2, 0) is 10.0 Å². The number of rotatable bonds is 3. The fourth-order valence-electron chi connectivity index (χ4n) is 1.67. The maximum atomic E-state index is 12.1. The molecule has 0 bridgehead atoms. The topological polar surface area (TPSA) is 72.2 Å². The molecule has 1 atom stereocenters. The van der Waals surface area contributed by atoms with E-state index in [1.807, 2.05) is 0 Å². The smallest absolute Gasteiger partial charge is 0.242 e. The first-order chi connectivity index (χ1) is 7.99. The van der Waals surface area contributed by atoms with E-state index in [0.29, 0.717) is 5.02 Å². The minimum absolute atomic E-state index is 0.0000723. The third-order valence-electron chi connectivity index (χ3n) is 2.51. The quantitative estimate of drug-likeness (QED) is 0.832. The number of nitrogen functional groups attached to an aromatic ring is 1. The molecule has 0 saturated carbocycles. The molecule has 1 aliphatic rings. The molecule has 17 heavy (non-hydrogen) atoms. The number of benzene rings is 1. The maximum Gasteiger partial charge on any atom is 0.242 e. The van der Waals surface area contributed by atoms with E-state index in [9.17, 15) is 8.42 Å². The maximum absolute atomic E-state index is 12.1.